The van der Waals surface area contributed by atoms with Crippen LogP contribution in [0.25, 0.3) is 0 Å². The van der Waals surface area contributed by atoms with Crippen molar-refractivity contribution in [3.63, 3.8) is 0 Å². The third kappa shape index (κ3) is 4.01. The van der Waals surface area contributed by atoms with Gasteiger partial charge in [-0.05, 0) is 37.1 Å². The molecule has 0 saturated heterocycles. The molecule has 0 aromatic heterocycles. The second-order valence-electron chi connectivity index (χ2n) is 4.15. The highest BCUT2D eigenvalue weighted by molar-refractivity contribution is 7.89. The molecule has 0 bridgehead atoms. The van der Waals surface area contributed by atoms with Crippen molar-refractivity contribution in [3.8, 4) is 0 Å². The minimum Gasteiger partial charge on any atom is -0.478 e. The van der Waals surface area contributed by atoms with Crippen LogP contribution in [0.1, 0.15) is 21.5 Å². The number of carboxylic acids is 1. The summed E-state index contributed by atoms with van der Waals surface area (Å²) < 4.78 is 28.9. The predicted octanol–water partition coefficient (Wildman–Crippen LogP) is 0.858. The fourth-order valence-corrected chi connectivity index (χ4v) is 2.69. The monoisotopic (exact) mass is 303 g/mol. The van der Waals surface area contributed by atoms with Gasteiger partial charge in [-0.25, -0.2) is 13.2 Å². The first-order valence-electron chi connectivity index (χ1n) is 5.76. The zero-order valence-electron chi connectivity index (χ0n) is 11.5. The molecule has 20 heavy (non-hydrogen) atoms. The van der Waals surface area contributed by atoms with Crippen LogP contribution in [0.3, 0.4) is 0 Å². The SMILES string of the molecule is COCCONS(=O)(=O)c1cc(C(=O)O)cc(C)c1C. The summed E-state index contributed by atoms with van der Waals surface area (Å²) >= 11 is 0. The predicted molar refractivity (Wildman–Crippen MR) is 71.0 cm³/mol. The molecular weight excluding hydrogens is 286 g/mol. The summed E-state index contributed by atoms with van der Waals surface area (Å²) in [5, 5.41) is 8.97. The topological polar surface area (TPSA) is 102 Å². The Balaban J connectivity index is 3.07. The fourth-order valence-electron chi connectivity index (χ4n) is 1.52. The lowest BCUT2D eigenvalue weighted by Gasteiger charge is -2.12. The molecule has 0 spiro atoms. The van der Waals surface area contributed by atoms with Gasteiger partial charge >= 0.3 is 5.97 Å². The van der Waals surface area contributed by atoms with Gasteiger partial charge in [0.15, 0.2) is 0 Å². The van der Waals surface area contributed by atoms with Crippen molar-refractivity contribution in [1.82, 2.24) is 4.89 Å². The first kappa shape index (κ1) is 16.6. The molecule has 2 N–H and O–H groups in total. The largest absolute Gasteiger partial charge is 0.478 e. The lowest BCUT2D eigenvalue weighted by atomic mass is 10.1. The number of nitrogens with one attached hydrogen (secondary N) is 1. The molecular formula is C12H17NO6S. The Morgan fingerprint density at radius 3 is 2.50 bits per heavy atom. The van der Waals surface area contributed by atoms with E-state index in [2.05, 4.69) is 0 Å². The second kappa shape index (κ2) is 6.80. The first-order valence-corrected chi connectivity index (χ1v) is 7.25. The van der Waals surface area contributed by atoms with Crippen molar-refractivity contribution >= 4 is 16.0 Å². The van der Waals surface area contributed by atoms with Crippen LogP contribution in [0.2, 0.25) is 0 Å². The van der Waals surface area contributed by atoms with Gasteiger partial charge in [0.2, 0.25) is 0 Å². The number of rotatable bonds is 7. The highest BCUT2D eigenvalue weighted by Crippen LogP contribution is 2.21. The molecule has 0 aliphatic rings. The van der Waals surface area contributed by atoms with Gasteiger partial charge in [-0.2, -0.15) is 0 Å². The molecule has 0 heterocycles. The smallest absolute Gasteiger partial charge is 0.335 e. The van der Waals surface area contributed by atoms with Crippen LogP contribution in [0.5, 0.6) is 0 Å². The van der Waals surface area contributed by atoms with Gasteiger partial charge in [0, 0.05) is 7.11 Å². The maximum Gasteiger partial charge on any atom is 0.335 e. The van der Waals surface area contributed by atoms with Gasteiger partial charge in [-0.1, -0.05) is 4.89 Å². The molecule has 1 aromatic carbocycles. The summed E-state index contributed by atoms with van der Waals surface area (Å²) in [6, 6.07) is 2.52. The Hall–Kier alpha value is -1.48. The molecule has 8 heteroatoms. The highest BCUT2D eigenvalue weighted by Gasteiger charge is 2.20. The number of carboxylic acid groups (broad SMARTS) is 1. The van der Waals surface area contributed by atoms with Crippen LogP contribution in [-0.4, -0.2) is 39.8 Å². The molecule has 1 aromatic rings. The normalized spacial score (nSPS) is 11.6. The maximum atomic E-state index is 12.1. The lowest BCUT2D eigenvalue weighted by molar-refractivity contribution is 0.0438. The molecule has 1 rings (SSSR count). The number of carbonyl (C=O) groups is 1. The fraction of sp³-hybridized carbons (Fsp3) is 0.417. The standard InChI is InChI=1S/C12H17NO6S/c1-8-6-10(12(14)15)7-11(9(8)2)20(16,17)13-19-5-4-18-3/h6-7,13H,4-5H2,1-3H3,(H,14,15). The van der Waals surface area contributed by atoms with Crippen molar-refractivity contribution in [2.75, 3.05) is 20.3 Å². The average molecular weight is 303 g/mol. The van der Waals surface area contributed by atoms with E-state index in [1.807, 2.05) is 4.89 Å². The molecule has 0 aliphatic heterocycles. The average Bonchev–Trinajstić information content (AvgIpc) is 2.37. The van der Waals surface area contributed by atoms with Crippen molar-refractivity contribution in [3.05, 3.63) is 28.8 Å². The summed E-state index contributed by atoms with van der Waals surface area (Å²) in [4.78, 5) is 17.6. The summed E-state index contributed by atoms with van der Waals surface area (Å²) in [5.41, 5.74) is 0.949. The molecule has 0 unspecified atom stereocenters. The van der Waals surface area contributed by atoms with E-state index < -0.39 is 16.0 Å². The van der Waals surface area contributed by atoms with Crippen LogP contribution in [0.15, 0.2) is 17.0 Å². The van der Waals surface area contributed by atoms with Crippen LogP contribution in [0.4, 0.5) is 0 Å². The zero-order valence-corrected chi connectivity index (χ0v) is 12.3. The summed E-state index contributed by atoms with van der Waals surface area (Å²) in [6.45, 7) is 3.53. The van der Waals surface area contributed by atoms with Gasteiger partial charge in [0.1, 0.15) is 0 Å². The summed E-state index contributed by atoms with van der Waals surface area (Å²) in [6.07, 6.45) is 0. The van der Waals surface area contributed by atoms with Crippen LogP contribution >= 0.6 is 0 Å². The van der Waals surface area contributed by atoms with E-state index in [1.165, 1.54) is 13.2 Å². The second-order valence-corrected chi connectivity index (χ2v) is 5.76. The number of sulfonamides is 1. The molecule has 0 saturated carbocycles. The van der Waals surface area contributed by atoms with E-state index in [9.17, 15) is 13.2 Å². The van der Waals surface area contributed by atoms with E-state index in [0.717, 1.165) is 6.07 Å². The summed E-state index contributed by atoms with van der Waals surface area (Å²) in [5.74, 6) is -1.19. The van der Waals surface area contributed by atoms with Crippen molar-refractivity contribution < 1.29 is 27.9 Å². The third-order valence-electron chi connectivity index (χ3n) is 2.71. The zero-order chi connectivity index (χ0) is 15.3. The Morgan fingerprint density at radius 2 is 1.95 bits per heavy atom. The number of aryl methyl sites for hydroxylation is 1. The molecule has 0 radical (unpaired) electrons. The third-order valence-corrected chi connectivity index (χ3v) is 4.05. The minimum atomic E-state index is -3.94. The van der Waals surface area contributed by atoms with E-state index in [0.29, 0.717) is 11.1 Å². The number of methoxy groups -OCH3 is 1. The Morgan fingerprint density at radius 1 is 1.30 bits per heavy atom. The minimum absolute atomic E-state index is 0.0480. The molecule has 0 fully saturated rings. The Labute approximate surface area is 117 Å². The van der Waals surface area contributed by atoms with E-state index >= 15 is 0 Å². The number of benzene rings is 1. The van der Waals surface area contributed by atoms with Crippen molar-refractivity contribution in [2.24, 2.45) is 0 Å². The summed E-state index contributed by atoms with van der Waals surface area (Å²) in [7, 11) is -2.48. The van der Waals surface area contributed by atoms with Gasteiger partial charge in [-0.15, -0.1) is 0 Å². The van der Waals surface area contributed by atoms with Gasteiger partial charge in [0.05, 0.1) is 23.7 Å². The van der Waals surface area contributed by atoms with Gasteiger partial charge < -0.3 is 9.84 Å². The molecule has 0 amide bonds. The van der Waals surface area contributed by atoms with Crippen LogP contribution in [0, 0.1) is 13.8 Å². The van der Waals surface area contributed by atoms with E-state index in [4.69, 9.17) is 14.7 Å². The maximum absolute atomic E-state index is 12.1. The number of ether oxygens (including phenoxy) is 1. The first-order chi connectivity index (χ1) is 9.29. The molecule has 0 aliphatic carbocycles. The Kier molecular flexibility index (Phi) is 5.63. The number of aromatic carboxylic acids is 1. The molecule has 7 nitrogen and oxygen atoms in total. The number of hydrogen-bond acceptors (Lipinski definition) is 5. The van der Waals surface area contributed by atoms with Crippen molar-refractivity contribution in [1.29, 1.82) is 0 Å². The van der Waals surface area contributed by atoms with Gasteiger partial charge in [-0.3, -0.25) is 4.84 Å². The highest BCUT2D eigenvalue weighted by atomic mass is 32.2. The van der Waals surface area contributed by atoms with Crippen LogP contribution in [-0.2, 0) is 19.6 Å². The quantitative estimate of drug-likeness (QED) is 0.572. The molecule has 112 valence electrons. The van der Waals surface area contributed by atoms with Gasteiger partial charge in [0.25, 0.3) is 10.0 Å². The van der Waals surface area contributed by atoms with Crippen molar-refractivity contribution in [2.45, 2.75) is 18.7 Å². The lowest BCUT2D eigenvalue weighted by Crippen LogP contribution is -2.26. The van der Waals surface area contributed by atoms with E-state index in [-0.39, 0.29) is 23.7 Å². The van der Waals surface area contributed by atoms with Crippen LogP contribution < -0.4 is 4.89 Å². The van der Waals surface area contributed by atoms with E-state index in [1.54, 1.807) is 13.8 Å². The molecule has 0 atom stereocenters. The Bertz CT molecular complexity index is 596. The number of hydrogen-bond donors (Lipinski definition) is 2.